The summed E-state index contributed by atoms with van der Waals surface area (Å²) in [5.74, 6) is -0.711. The first-order chi connectivity index (χ1) is 12.9. The molecule has 1 fully saturated rings. The van der Waals surface area contributed by atoms with Crippen LogP contribution in [-0.2, 0) is 6.54 Å². The van der Waals surface area contributed by atoms with Crippen molar-refractivity contribution in [1.82, 2.24) is 9.47 Å². The van der Waals surface area contributed by atoms with Crippen molar-refractivity contribution in [2.75, 3.05) is 18.4 Å². The van der Waals surface area contributed by atoms with Crippen LogP contribution in [0.2, 0.25) is 0 Å². The average molecular weight is 372 g/mol. The van der Waals surface area contributed by atoms with E-state index in [9.17, 15) is 24.1 Å². The van der Waals surface area contributed by atoms with Crippen LogP contribution in [0.4, 0.5) is 20.6 Å². The van der Waals surface area contributed by atoms with E-state index in [1.165, 1.54) is 12.1 Å². The minimum Gasteiger partial charge on any atom is -0.324 e. The number of hydrogen-bond donors (Lipinski definition) is 1. The largest absolute Gasteiger partial charge is 0.324 e. The number of halogens is 1. The molecule has 2 amide bonds. The predicted octanol–water partition coefficient (Wildman–Crippen LogP) is 2.55. The van der Waals surface area contributed by atoms with E-state index in [4.69, 9.17) is 0 Å². The van der Waals surface area contributed by atoms with E-state index in [1.807, 2.05) is 6.07 Å². The fourth-order valence-electron chi connectivity index (χ4n) is 4.00. The molecule has 1 aromatic carbocycles. The summed E-state index contributed by atoms with van der Waals surface area (Å²) in [5, 5.41) is 13.5. The number of nitrogens with one attached hydrogen (secondary N) is 1. The molecule has 2 atom stereocenters. The number of aromatic nitrogens is 1. The second-order valence-electron chi connectivity index (χ2n) is 6.96. The number of hydrogen-bond acceptors (Lipinski definition) is 4. The van der Waals surface area contributed by atoms with Gasteiger partial charge in [0.1, 0.15) is 0 Å². The number of anilines is 1. The number of urea groups is 1. The molecule has 1 aromatic heterocycles. The number of nitrogens with zero attached hydrogens (tertiary/aromatic N) is 3. The number of nitro benzene ring substituents is 1. The lowest BCUT2D eigenvalue weighted by molar-refractivity contribution is -0.387. The van der Waals surface area contributed by atoms with Gasteiger partial charge in [-0.05, 0) is 30.5 Å². The summed E-state index contributed by atoms with van der Waals surface area (Å²) in [5.41, 5.74) is 0.379. The predicted molar refractivity (Wildman–Crippen MR) is 95.2 cm³/mol. The van der Waals surface area contributed by atoms with Crippen molar-refractivity contribution in [2.24, 2.45) is 5.92 Å². The molecule has 0 aliphatic carbocycles. The standard InChI is InChI=1S/C18H17FN4O4/c19-14-5-4-13(7-16(14)23(26)27)20-18(25)21-8-11-6-12(10-21)15-2-1-3-17(24)22(15)9-11/h1-5,7,11-12H,6,8-10H2,(H,20,25)/t11-,12+/m1/s1. The molecule has 4 rings (SSSR count). The minimum absolute atomic E-state index is 0.0290. The maximum Gasteiger partial charge on any atom is 0.321 e. The zero-order chi connectivity index (χ0) is 19.1. The third-order valence-electron chi connectivity index (χ3n) is 5.16. The Labute approximate surface area is 153 Å². The minimum atomic E-state index is -0.951. The number of carbonyl (C=O) groups is 1. The van der Waals surface area contributed by atoms with Crippen LogP contribution in [0.1, 0.15) is 18.0 Å². The van der Waals surface area contributed by atoms with Gasteiger partial charge in [0.05, 0.1) is 4.92 Å². The number of likely N-dealkylation sites (tertiary alicyclic amines) is 1. The Kier molecular flexibility index (Phi) is 4.14. The van der Waals surface area contributed by atoms with Crippen LogP contribution >= 0.6 is 0 Å². The Morgan fingerprint density at radius 1 is 1.22 bits per heavy atom. The van der Waals surface area contributed by atoms with Gasteiger partial charge in [-0.3, -0.25) is 14.9 Å². The molecule has 9 heteroatoms. The molecule has 0 saturated carbocycles. The molecule has 0 radical (unpaired) electrons. The van der Waals surface area contributed by atoms with Crippen molar-refractivity contribution >= 4 is 17.4 Å². The van der Waals surface area contributed by atoms with Gasteiger partial charge < -0.3 is 14.8 Å². The van der Waals surface area contributed by atoms with Crippen molar-refractivity contribution in [3.63, 3.8) is 0 Å². The number of rotatable bonds is 2. The molecule has 2 bridgehead atoms. The van der Waals surface area contributed by atoms with Crippen molar-refractivity contribution in [3.05, 3.63) is 68.4 Å². The van der Waals surface area contributed by atoms with E-state index < -0.39 is 22.5 Å². The van der Waals surface area contributed by atoms with E-state index in [-0.39, 0.29) is 23.1 Å². The smallest absolute Gasteiger partial charge is 0.321 e. The quantitative estimate of drug-likeness (QED) is 0.647. The monoisotopic (exact) mass is 372 g/mol. The fraction of sp³-hybridized carbons (Fsp3) is 0.333. The highest BCUT2D eigenvalue weighted by Gasteiger charge is 2.36. The van der Waals surface area contributed by atoms with Gasteiger partial charge in [0.15, 0.2) is 0 Å². The first kappa shape index (κ1) is 17.2. The van der Waals surface area contributed by atoms with Crippen LogP contribution in [0.5, 0.6) is 0 Å². The maximum atomic E-state index is 13.4. The molecule has 140 valence electrons. The van der Waals surface area contributed by atoms with E-state index in [0.29, 0.717) is 19.6 Å². The molecule has 2 aromatic rings. The topological polar surface area (TPSA) is 97.5 Å². The molecular weight excluding hydrogens is 355 g/mol. The van der Waals surface area contributed by atoms with Crippen molar-refractivity contribution in [3.8, 4) is 0 Å². The molecule has 1 saturated heterocycles. The zero-order valence-electron chi connectivity index (χ0n) is 14.3. The van der Waals surface area contributed by atoms with Crippen LogP contribution in [0.15, 0.2) is 41.2 Å². The summed E-state index contributed by atoms with van der Waals surface area (Å²) in [6.07, 6.45) is 0.912. The summed E-state index contributed by atoms with van der Waals surface area (Å²) >= 11 is 0. The van der Waals surface area contributed by atoms with E-state index >= 15 is 0 Å². The summed E-state index contributed by atoms with van der Waals surface area (Å²) < 4.78 is 15.2. The Morgan fingerprint density at radius 3 is 2.81 bits per heavy atom. The molecule has 3 heterocycles. The Morgan fingerprint density at radius 2 is 2.04 bits per heavy atom. The first-order valence-corrected chi connectivity index (χ1v) is 8.62. The number of amides is 2. The lowest BCUT2D eigenvalue weighted by Crippen LogP contribution is -2.50. The molecule has 2 aliphatic heterocycles. The van der Waals surface area contributed by atoms with Crippen molar-refractivity contribution in [1.29, 1.82) is 0 Å². The van der Waals surface area contributed by atoms with Crippen molar-refractivity contribution in [2.45, 2.75) is 18.9 Å². The van der Waals surface area contributed by atoms with Gasteiger partial charge in [-0.25, -0.2) is 4.79 Å². The Balaban J connectivity index is 1.52. The van der Waals surface area contributed by atoms with Crippen molar-refractivity contribution < 1.29 is 14.1 Å². The van der Waals surface area contributed by atoms with Gasteiger partial charge >= 0.3 is 11.7 Å². The number of piperidine rings is 1. The van der Waals surface area contributed by atoms with E-state index in [0.717, 1.165) is 24.2 Å². The van der Waals surface area contributed by atoms with Crippen LogP contribution < -0.4 is 10.9 Å². The van der Waals surface area contributed by atoms with E-state index in [2.05, 4.69) is 5.32 Å². The first-order valence-electron chi connectivity index (χ1n) is 8.62. The lowest BCUT2D eigenvalue weighted by atomic mass is 9.83. The van der Waals surface area contributed by atoms with E-state index in [1.54, 1.807) is 15.5 Å². The van der Waals surface area contributed by atoms with Crippen LogP contribution in [0.25, 0.3) is 0 Å². The molecule has 2 aliphatic rings. The van der Waals surface area contributed by atoms with Gasteiger partial charge in [0.2, 0.25) is 5.82 Å². The second kappa shape index (κ2) is 6.49. The lowest BCUT2D eigenvalue weighted by Gasteiger charge is -2.42. The molecule has 27 heavy (non-hydrogen) atoms. The summed E-state index contributed by atoms with van der Waals surface area (Å²) in [7, 11) is 0. The third-order valence-corrected chi connectivity index (χ3v) is 5.16. The van der Waals surface area contributed by atoms with Crippen LogP contribution in [0, 0.1) is 21.8 Å². The highest BCUT2D eigenvalue weighted by molar-refractivity contribution is 5.89. The Bertz CT molecular complexity index is 990. The molecule has 8 nitrogen and oxygen atoms in total. The summed E-state index contributed by atoms with van der Waals surface area (Å²) in [4.78, 5) is 36.3. The van der Waals surface area contributed by atoms with Gasteiger partial charge in [-0.15, -0.1) is 0 Å². The normalized spacial score (nSPS) is 20.7. The zero-order valence-corrected chi connectivity index (χ0v) is 14.3. The molecule has 0 unspecified atom stereocenters. The second-order valence-corrected chi connectivity index (χ2v) is 6.96. The highest BCUT2D eigenvalue weighted by Crippen LogP contribution is 2.35. The fourth-order valence-corrected chi connectivity index (χ4v) is 4.00. The van der Waals surface area contributed by atoms with Crippen LogP contribution in [0.3, 0.4) is 0 Å². The maximum absolute atomic E-state index is 13.4. The third kappa shape index (κ3) is 3.16. The molecule has 1 N–H and O–H groups in total. The summed E-state index contributed by atoms with van der Waals surface area (Å²) in [6.45, 7) is 1.51. The van der Waals surface area contributed by atoms with Gasteiger partial charge in [-0.1, -0.05) is 6.07 Å². The number of nitro groups is 1. The SMILES string of the molecule is O=C(Nc1ccc(F)c([N+](=O)[O-])c1)N1C[C@H]2C[C@@H](C1)c1cccc(=O)n1C2. The molecular formula is C18H17FN4O4. The summed E-state index contributed by atoms with van der Waals surface area (Å²) in [6, 6.07) is 8.04. The number of carbonyl (C=O) groups excluding carboxylic acids is 1. The number of fused-ring (bicyclic) bond motifs is 4. The van der Waals surface area contributed by atoms with Gasteiger partial charge in [-0.2, -0.15) is 4.39 Å². The molecule has 0 spiro atoms. The number of pyridine rings is 1. The Hall–Kier alpha value is -3.23. The average Bonchev–Trinajstić information content (AvgIpc) is 2.64. The van der Waals surface area contributed by atoms with Crippen LogP contribution in [-0.4, -0.2) is 33.5 Å². The number of benzene rings is 1. The highest BCUT2D eigenvalue weighted by atomic mass is 19.1. The van der Waals surface area contributed by atoms with Gasteiger partial charge in [0.25, 0.3) is 5.56 Å². The van der Waals surface area contributed by atoms with Gasteiger partial charge in [0, 0.05) is 49.1 Å².